The molecule has 0 unspecified atom stereocenters. The maximum absolute atomic E-state index is 13.0. The van der Waals surface area contributed by atoms with Crippen LogP contribution in [-0.4, -0.2) is 55.2 Å². The van der Waals surface area contributed by atoms with Gasteiger partial charge in [0, 0.05) is 19.5 Å². The lowest BCUT2D eigenvalue weighted by atomic mass is 10.1. The van der Waals surface area contributed by atoms with Crippen molar-refractivity contribution in [3.63, 3.8) is 0 Å². The summed E-state index contributed by atoms with van der Waals surface area (Å²) >= 11 is 0.699. The summed E-state index contributed by atoms with van der Waals surface area (Å²) < 4.78 is 32.1. The molecule has 29 heavy (non-hydrogen) atoms. The molecule has 2 amide bonds. The van der Waals surface area contributed by atoms with Crippen LogP contribution >= 0.6 is 11.3 Å². The van der Waals surface area contributed by atoms with Gasteiger partial charge in [0.1, 0.15) is 9.96 Å². The Hall–Kier alpha value is -2.51. The van der Waals surface area contributed by atoms with Gasteiger partial charge in [-0.05, 0) is 36.2 Å². The molecule has 0 saturated heterocycles. The summed E-state index contributed by atoms with van der Waals surface area (Å²) in [6.07, 6.45) is 0.132. The summed E-state index contributed by atoms with van der Waals surface area (Å²) in [7, 11) is -2.46. The van der Waals surface area contributed by atoms with Crippen molar-refractivity contribution in [2.24, 2.45) is 0 Å². The van der Waals surface area contributed by atoms with Gasteiger partial charge in [-0.1, -0.05) is 12.1 Å². The third-order valence-corrected chi connectivity index (χ3v) is 7.47. The Morgan fingerprint density at radius 3 is 2.34 bits per heavy atom. The van der Waals surface area contributed by atoms with Crippen molar-refractivity contribution in [1.82, 2.24) is 15.3 Å². The van der Waals surface area contributed by atoms with E-state index in [4.69, 9.17) is 15.2 Å². The maximum Gasteiger partial charge on any atom is 0.284 e. The lowest BCUT2D eigenvalue weighted by Gasteiger charge is -2.21. The van der Waals surface area contributed by atoms with Crippen LogP contribution in [0.3, 0.4) is 0 Å². The molecule has 0 atom stereocenters. The monoisotopic (exact) mass is 443 g/mol. The lowest BCUT2D eigenvalue weighted by molar-refractivity contribution is -0.129. The number of carbonyl (C=O) groups is 2. The minimum atomic E-state index is -4.00. The molecule has 0 bridgehead atoms. The first-order valence-corrected chi connectivity index (χ1v) is 10.7. The normalized spacial score (nSPS) is 11.3. The molecule has 10 nitrogen and oxygen atoms in total. The highest BCUT2D eigenvalue weighted by Crippen LogP contribution is 2.25. The highest BCUT2D eigenvalue weighted by molar-refractivity contribution is 7.91. The molecule has 0 saturated carbocycles. The zero-order valence-corrected chi connectivity index (χ0v) is 17.1. The second-order valence-electron chi connectivity index (χ2n) is 5.85. The molecule has 0 aliphatic heterocycles. The van der Waals surface area contributed by atoms with E-state index in [0.717, 1.165) is 9.87 Å². The third-order valence-electron chi connectivity index (χ3n) is 4.02. The number of nitrogens with one attached hydrogen (secondary N) is 2. The van der Waals surface area contributed by atoms with Crippen LogP contribution in [0.25, 0.3) is 0 Å². The molecule has 1 heterocycles. The van der Waals surface area contributed by atoms with E-state index in [1.54, 1.807) is 31.4 Å². The SMILES string of the molecule is COc1ccc(CCN(CCC(=O)NO)S(=O)(=O)c2ccc(C(=O)NO)s2)cc1. The first-order chi connectivity index (χ1) is 13.8. The minimum absolute atomic E-state index is 0.0225. The number of benzene rings is 1. The Labute approximate surface area is 171 Å². The number of carbonyl (C=O) groups excluding carboxylic acids is 2. The fraction of sp³-hybridized carbons (Fsp3) is 0.294. The van der Waals surface area contributed by atoms with Gasteiger partial charge < -0.3 is 4.74 Å². The van der Waals surface area contributed by atoms with Crippen LogP contribution in [0.5, 0.6) is 5.75 Å². The summed E-state index contributed by atoms with van der Waals surface area (Å²) in [6, 6.07) is 9.67. The van der Waals surface area contributed by atoms with Gasteiger partial charge in [0.2, 0.25) is 5.91 Å². The molecule has 2 rings (SSSR count). The van der Waals surface area contributed by atoms with Crippen molar-refractivity contribution in [3.05, 3.63) is 46.8 Å². The fourth-order valence-electron chi connectivity index (χ4n) is 2.44. The topological polar surface area (TPSA) is 145 Å². The highest BCUT2D eigenvalue weighted by atomic mass is 32.2. The number of nitrogens with zero attached hydrogens (tertiary/aromatic N) is 1. The minimum Gasteiger partial charge on any atom is -0.497 e. The first-order valence-electron chi connectivity index (χ1n) is 8.42. The van der Waals surface area contributed by atoms with E-state index in [1.165, 1.54) is 23.1 Å². The van der Waals surface area contributed by atoms with E-state index in [-0.39, 0.29) is 28.6 Å². The molecule has 0 radical (unpaired) electrons. The van der Waals surface area contributed by atoms with E-state index < -0.39 is 21.8 Å². The molecule has 12 heteroatoms. The van der Waals surface area contributed by atoms with Crippen LogP contribution in [-0.2, 0) is 21.2 Å². The number of sulfonamides is 1. The van der Waals surface area contributed by atoms with Gasteiger partial charge >= 0.3 is 0 Å². The van der Waals surface area contributed by atoms with Crippen LogP contribution in [0.4, 0.5) is 0 Å². The molecule has 158 valence electrons. The van der Waals surface area contributed by atoms with E-state index in [2.05, 4.69) is 0 Å². The number of methoxy groups -OCH3 is 1. The molecular weight excluding hydrogens is 422 g/mol. The van der Waals surface area contributed by atoms with Crippen LogP contribution in [0, 0.1) is 0 Å². The molecule has 0 aliphatic carbocycles. The molecule has 0 aliphatic rings. The quantitative estimate of drug-likeness (QED) is 0.317. The first kappa shape index (κ1) is 22.8. The van der Waals surface area contributed by atoms with Gasteiger partial charge in [0.15, 0.2) is 0 Å². The second-order valence-corrected chi connectivity index (χ2v) is 9.10. The van der Waals surface area contributed by atoms with E-state index in [9.17, 15) is 18.0 Å². The van der Waals surface area contributed by atoms with E-state index in [0.29, 0.717) is 23.5 Å². The zero-order valence-electron chi connectivity index (χ0n) is 15.5. The Bertz CT molecular complexity index is 942. The summed E-state index contributed by atoms with van der Waals surface area (Å²) in [4.78, 5) is 22.9. The number of hydrogen-bond donors (Lipinski definition) is 4. The van der Waals surface area contributed by atoms with Gasteiger partial charge in [0.25, 0.3) is 15.9 Å². The molecular formula is C17H21N3O7S2. The molecule has 0 spiro atoms. The summed E-state index contributed by atoms with van der Waals surface area (Å²) in [6.45, 7) is -0.0862. The largest absolute Gasteiger partial charge is 0.497 e. The lowest BCUT2D eigenvalue weighted by Crippen LogP contribution is -2.36. The van der Waals surface area contributed by atoms with E-state index >= 15 is 0 Å². The number of amides is 2. The second kappa shape index (κ2) is 10.3. The van der Waals surface area contributed by atoms with Crippen molar-refractivity contribution >= 4 is 33.2 Å². The van der Waals surface area contributed by atoms with Crippen molar-refractivity contribution < 1.29 is 33.2 Å². The van der Waals surface area contributed by atoms with E-state index in [1.807, 2.05) is 0 Å². The average Bonchev–Trinajstić information content (AvgIpc) is 3.24. The van der Waals surface area contributed by atoms with Gasteiger partial charge in [-0.3, -0.25) is 20.0 Å². The average molecular weight is 444 g/mol. The molecule has 2 aromatic rings. The Morgan fingerprint density at radius 1 is 1.07 bits per heavy atom. The smallest absolute Gasteiger partial charge is 0.284 e. The van der Waals surface area contributed by atoms with Crippen LogP contribution in [0.2, 0.25) is 0 Å². The molecule has 1 aromatic heterocycles. The van der Waals surface area contributed by atoms with Gasteiger partial charge in [0.05, 0.1) is 12.0 Å². The van der Waals surface area contributed by atoms with Crippen molar-refractivity contribution in [3.8, 4) is 5.75 Å². The van der Waals surface area contributed by atoms with Crippen molar-refractivity contribution in [1.29, 1.82) is 0 Å². The number of hydroxylamine groups is 2. The molecule has 0 fully saturated rings. The van der Waals surface area contributed by atoms with Crippen LogP contribution in [0.1, 0.15) is 21.7 Å². The number of ether oxygens (including phenoxy) is 1. The van der Waals surface area contributed by atoms with Gasteiger partial charge in [-0.15, -0.1) is 11.3 Å². The summed E-state index contributed by atoms with van der Waals surface area (Å²) in [5, 5.41) is 17.4. The molecule has 1 aromatic carbocycles. The number of rotatable bonds is 10. The standard InChI is InChI=1S/C17H21N3O7S2/c1-27-13-4-2-12(3-5-13)8-10-20(11-9-15(21)18-23)29(25,26)16-7-6-14(28-16)17(22)19-24/h2-7,23-24H,8-11H2,1H3,(H,18,21)(H,19,22). The molecule has 4 N–H and O–H groups in total. The zero-order chi connectivity index (χ0) is 21.4. The van der Waals surface area contributed by atoms with Gasteiger partial charge in [-0.25, -0.2) is 19.4 Å². The Kier molecular flexibility index (Phi) is 8.10. The highest BCUT2D eigenvalue weighted by Gasteiger charge is 2.27. The van der Waals surface area contributed by atoms with Gasteiger partial charge in [-0.2, -0.15) is 4.31 Å². The number of thiophene rings is 1. The predicted molar refractivity (Wildman–Crippen MR) is 104 cm³/mol. The van der Waals surface area contributed by atoms with Crippen LogP contribution < -0.4 is 15.7 Å². The Morgan fingerprint density at radius 2 is 1.76 bits per heavy atom. The summed E-state index contributed by atoms with van der Waals surface area (Å²) in [5.74, 6) is -0.867. The van der Waals surface area contributed by atoms with Crippen molar-refractivity contribution in [2.75, 3.05) is 20.2 Å². The predicted octanol–water partition coefficient (Wildman–Crippen LogP) is 1.00. The van der Waals surface area contributed by atoms with Crippen molar-refractivity contribution in [2.45, 2.75) is 17.1 Å². The summed E-state index contributed by atoms with van der Waals surface area (Å²) in [5.41, 5.74) is 3.79. The Balaban J connectivity index is 2.21. The fourth-order valence-corrected chi connectivity index (χ4v) is 5.24. The maximum atomic E-state index is 13.0. The third kappa shape index (κ3) is 5.98. The van der Waals surface area contributed by atoms with Crippen LogP contribution in [0.15, 0.2) is 40.6 Å². The number of hydrogen-bond acceptors (Lipinski definition) is 8.